The normalized spacial score (nSPS) is 17.9. The van der Waals surface area contributed by atoms with Crippen LogP contribution in [0.15, 0.2) is 47.4 Å². The summed E-state index contributed by atoms with van der Waals surface area (Å²) in [7, 11) is -2.14. The first-order chi connectivity index (χ1) is 13.3. The van der Waals surface area contributed by atoms with Gasteiger partial charge in [0.25, 0.3) is 5.91 Å². The number of hydrogen-bond donors (Lipinski definition) is 1. The van der Waals surface area contributed by atoms with E-state index >= 15 is 0 Å². The van der Waals surface area contributed by atoms with Crippen LogP contribution in [0.1, 0.15) is 28.8 Å². The number of hydrogen-bond acceptors (Lipinski definition) is 4. The SMILES string of the molecule is COc1cccc(C(=O)NC2CCCN(S(=O)(=O)c3cccc(Cl)c3C)C2)c1. The van der Waals surface area contributed by atoms with Crippen LogP contribution < -0.4 is 10.1 Å². The van der Waals surface area contributed by atoms with Crippen LogP contribution in [-0.2, 0) is 10.0 Å². The van der Waals surface area contributed by atoms with Crippen molar-refractivity contribution in [3.63, 3.8) is 0 Å². The minimum Gasteiger partial charge on any atom is -0.497 e. The van der Waals surface area contributed by atoms with Crippen LogP contribution in [-0.4, -0.2) is 44.9 Å². The first kappa shape index (κ1) is 20.6. The molecule has 1 amide bonds. The van der Waals surface area contributed by atoms with Crippen LogP contribution in [0.3, 0.4) is 0 Å². The largest absolute Gasteiger partial charge is 0.497 e. The molecule has 1 aliphatic heterocycles. The maximum Gasteiger partial charge on any atom is 0.251 e. The number of rotatable bonds is 5. The zero-order chi connectivity index (χ0) is 20.3. The number of sulfonamides is 1. The standard InChI is InChI=1S/C20H23ClN2O4S/c1-14-18(21)9-4-10-19(14)28(25,26)23-11-5-7-16(13-23)22-20(24)15-6-3-8-17(12-15)27-2/h3-4,6,8-10,12,16H,5,7,11,13H2,1-2H3,(H,22,24). The molecule has 0 spiro atoms. The molecule has 2 aromatic rings. The van der Waals surface area contributed by atoms with E-state index in [0.717, 1.165) is 6.42 Å². The number of amides is 1. The van der Waals surface area contributed by atoms with Gasteiger partial charge >= 0.3 is 0 Å². The van der Waals surface area contributed by atoms with E-state index in [-0.39, 0.29) is 23.4 Å². The lowest BCUT2D eigenvalue weighted by molar-refractivity contribution is 0.0921. The Hall–Kier alpha value is -2.09. The molecule has 0 saturated carbocycles. The Balaban J connectivity index is 1.75. The number of carbonyl (C=O) groups excluding carboxylic acids is 1. The number of nitrogens with one attached hydrogen (secondary N) is 1. The second kappa shape index (κ2) is 8.51. The fourth-order valence-corrected chi connectivity index (χ4v) is 5.32. The summed E-state index contributed by atoms with van der Waals surface area (Å²) in [5.74, 6) is 0.346. The van der Waals surface area contributed by atoms with Crippen molar-refractivity contribution in [3.05, 3.63) is 58.6 Å². The van der Waals surface area contributed by atoms with Crippen LogP contribution in [0, 0.1) is 6.92 Å². The van der Waals surface area contributed by atoms with Gasteiger partial charge in [0.05, 0.1) is 12.0 Å². The second-order valence-electron chi connectivity index (χ2n) is 6.77. The molecule has 150 valence electrons. The lowest BCUT2D eigenvalue weighted by atomic mass is 10.1. The number of carbonyl (C=O) groups is 1. The lowest BCUT2D eigenvalue weighted by Gasteiger charge is -2.32. The molecule has 1 aliphatic rings. The van der Waals surface area contributed by atoms with Crippen molar-refractivity contribution >= 4 is 27.5 Å². The van der Waals surface area contributed by atoms with Crippen LogP contribution in [0.4, 0.5) is 0 Å². The summed E-state index contributed by atoms with van der Waals surface area (Å²) in [6.07, 6.45) is 1.39. The van der Waals surface area contributed by atoms with Crippen molar-refractivity contribution in [1.29, 1.82) is 0 Å². The molecule has 1 heterocycles. The summed E-state index contributed by atoms with van der Waals surface area (Å²) in [6, 6.07) is 11.5. The van der Waals surface area contributed by atoms with Gasteiger partial charge in [-0.05, 0) is 55.7 Å². The predicted octanol–water partition coefficient (Wildman–Crippen LogP) is 3.24. The Morgan fingerprint density at radius 2 is 2.00 bits per heavy atom. The van der Waals surface area contributed by atoms with E-state index in [1.807, 2.05) is 0 Å². The Bertz CT molecular complexity index is 978. The summed E-state index contributed by atoms with van der Waals surface area (Å²) in [5, 5.41) is 3.36. The highest BCUT2D eigenvalue weighted by atomic mass is 35.5. The third-order valence-corrected chi connectivity index (χ3v) is 7.31. The fraction of sp³-hybridized carbons (Fsp3) is 0.350. The van der Waals surface area contributed by atoms with E-state index in [4.69, 9.17) is 16.3 Å². The Labute approximate surface area is 170 Å². The Morgan fingerprint density at radius 1 is 1.25 bits per heavy atom. The van der Waals surface area contributed by atoms with Crippen LogP contribution in [0.5, 0.6) is 5.75 Å². The predicted molar refractivity (Wildman–Crippen MR) is 108 cm³/mol. The minimum absolute atomic E-state index is 0.208. The summed E-state index contributed by atoms with van der Waals surface area (Å²) in [6.45, 7) is 2.34. The number of methoxy groups -OCH3 is 1. The summed E-state index contributed by atoms with van der Waals surface area (Å²) < 4.78 is 32.7. The van der Waals surface area contributed by atoms with E-state index in [1.54, 1.807) is 56.5 Å². The third-order valence-electron chi connectivity index (χ3n) is 4.89. The van der Waals surface area contributed by atoms with Gasteiger partial charge in [-0.15, -0.1) is 0 Å². The first-order valence-electron chi connectivity index (χ1n) is 9.03. The van der Waals surface area contributed by atoms with Gasteiger partial charge in [-0.3, -0.25) is 4.79 Å². The van der Waals surface area contributed by atoms with Crippen molar-refractivity contribution in [3.8, 4) is 5.75 Å². The average Bonchev–Trinajstić information content (AvgIpc) is 2.70. The van der Waals surface area contributed by atoms with Crippen molar-refractivity contribution in [2.24, 2.45) is 0 Å². The van der Waals surface area contributed by atoms with Gasteiger partial charge < -0.3 is 10.1 Å². The van der Waals surface area contributed by atoms with Crippen LogP contribution in [0.2, 0.25) is 5.02 Å². The van der Waals surface area contributed by atoms with E-state index in [0.29, 0.717) is 34.9 Å². The fourth-order valence-electron chi connectivity index (χ4n) is 3.32. The molecule has 1 N–H and O–H groups in total. The molecule has 8 heteroatoms. The molecule has 1 fully saturated rings. The Kier molecular flexibility index (Phi) is 6.27. The molecule has 28 heavy (non-hydrogen) atoms. The highest BCUT2D eigenvalue weighted by Crippen LogP contribution is 2.27. The van der Waals surface area contributed by atoms with Gasteiger partial charge in [0.1, 0.15) is 5.75 Å². The summed E-state index contributed by atoms with van der Waals surface area (Å²) >= 11 is 6.10. The molecular formula is C20H23ClN2O4S. The van der Waals surface area contributed by atoms with Gasteiger partial charge in [-0.25, -0.2) is 8.42 Å². The molecule has 0 bridgehead atoms. The smallest absolute Gasteiger partial charge is 0.251 e. The van der Waals surface area contributed by atoms with E-state index in [1.165, 1.54) is 4.31 Å². The molecule has 1 saturated heterocycles. The third kappa shape index (κ3) is 4.32. The molecule has 0 aliphatic carbocycles. The molecule has 3 rings (SSSR count). The van der Waals surface area contributed by atoms with E-state index in [2.05, 4.69) is 5.32 Å². The number of halogens is 1. The topological polar surface area (TPSA) is 75.7 Å². The molecule has 2 aromatic carbocycles. The van der Waals surface area contributed by atoms with Crippen molar-refractivity contribution < 1.29 is 17.9 Å². The van der Waals surface area contributed by atoms with Crippen molar-refractivity contribution in [1.82, 2.24) is 9.62 Å². The number of nitrogens with zero attached hydrogens (tertiary/aromatic N) is 1. The highest BCUT2D eigenvalue weighted by Gasteiger charge is 2.32. The van der Waals surface area contributed by atoms with Gasteiger partial charge in [-0.1, -0.05) is 23.7 Å². The monoisotopic (exact) mass is 422 g/mol. The number of benzene rings is 2. The van der Waals surface area contributed by atoms with E-state index in [9.17, 15) is 13.2 Å². The zero-order valence-corrected chi connectivity index (χ0v) is 17.4. The maximum atomic E-state index is 13.1. The second-order valence-corrected chi connectivity index (χ2v) is 9.08. The Morgan fingerprint density at radius 3 is 2.75 bits per heavy atom. The summed E-state index contributed by atoms with van der Waals surface area (Å²) in [5.41, 5.74) is 1.01. The average molecular weight is 423 g/mol. The highest BCUT2D eigenvalue weighted by molar-refractivity contribution is 7.89. The first-order valence-corrected chi connectivity index (χ1v) is 10.8. The van der Waals surface area contributed by atoms with Gasteiger partial charge in [0.15, 0.2) is 0 Å². The molecule has 1 atom stereocenters. The van der Waals surface area contributed by atoms with Gasteiger partial charge in [0, 0.05) is 29.7 Å². The zero-order valence-electron chi connectivity index (χ0n) is 15.8. The quantitative estimate of drug-likeness (QED) is 0.802. The van der Waals surface area contributed by atoms with Gasteiger partial charge in [0.2, 0.25) is 10.0 Å². The minimum atomic E-state index is -3.68. The molecule has 6 nitrogen and oxygen atoms in total. The van der Waals surface area contributed by atoms with E-state index < -0.39 is 10.0 Å². The number of ether oxygens (including phenoxy) is 1. The van der Waals surface area contributed by atoms with Crippen LogP contribution >= 0.6 is 11.6 Å². The lowest BCUT2D eigenvalue weighted by Crippen LogP contribution is -2.49. The molecule has 0 radical (unpaired) electrons. The molecular weight excluding hydrogens is 400 g/mol. The van der Waals surface area contributed by atoms with Crippen LogP contribution in [0.25, 0.3) is 0 Å². The molecule has 1 unspecified atom stereocenters. The van der Waals surface area contributed by atoms with Crippen molar-refractivity contribution in [2.75, 3.05) is 20.2 Å². The summed E-state index contributed by atoms with van der Waals surface area (Å²) in [4.78, 5) is 12.8. The van der Waals surface area contributed by atoms with Crippen molar-refractivity contribution in [2.45, 2.75) is 30.7 Å². The molecule has 0 aromatic heterocycles. The van der Waals surface area contributed by atoms with Gasteiger partial charge in [-0.2, -0.15) is 4.31 Å². The maximum absolute atomic E-state index is 13.1. The number of piperidine rings is 1.